The van der Waals surface area contributed by atoms with E-state index in [1.165, 1.54) is 10.9 Å². The first-order valence-electron chi connectivity index (χ1n) is 10.9. The first-order valence-corrected chi connectivity index (χ1v) is 10.9. The Kier molecular flexibility index (Phi) is 5.62. The van der Waals surface area contributed by atoms with Crippen LogP contribution in [-0.4, -0.2) is 76.3 Å². The van der Waals surface area contributed by atoms with Crippen LogP contribution in [0.2, 0.25) is 0 Å². The van der Waals surface area contributed by atoms with E-state index >= 15 is 0 Å². The van der Waals surface area contributed by atoms with Crippen LogP contribution in [0.3, 0.4) is 0 Å². The number of anilines is 1. The van der Waals surface area contributed by atoms with Crippen molar-refractivity contribution in [2.24, 2.45) is 0 Å². The normalized spacial score (nSPS) is 23.7. The topological polar surface area (TPSA) is 55.7 Å². The number of likely N-dealkylation sites (tertiary alicyclic amines) is 1. The Labute approximate surface area is 177 Å². The largest absolute Gasteiger partial charge is 0.390 e. The Balaban J connectivity index is 1.18. The molecule has 0 saturated carbocycles. The van der Waals surface area contributed by atoms with Crippen LogP contribution in [0.4, 0.5) is 5.82 Å². The van der Waals surface area contributed by atoms with Crippen LogP contribution >= 0.6 is 0 Å². The van der Waals surface area contributed by atoms with Gasteiger partial charge in [-0.3, -0.25) is 14.8 Å². The van der Waals surface area contributed by atoms with Gasteiger partial charge < -0.3 is 10.0 Å². The van der Waals surface area contributed by atoms with E-state index in [-0.39, 0.29) is 12.1 Å². The van der Waals surface area contributed by atoms with E-state index in [1.807, 2.05) is 30.6 Å². The van der Waals surface area contributed by atoms with Gasteiger partial charge in [0.1, 0.15) is 5.82 Å². The van der Waals surface area contributed by atoms with Gasteiger partial charge in [-0.1, -0.05) is 30.3 Å². The minimum absolute atomic E-state index is 0.248. The minimum atomic E-state index is -0.317. The summed E-state index contributed by atoms with van der Waals surface area (Å²) >= 11 is 0. The van der Waals surface area contributed by atoms with Crippen molar-refractivity contribution in [1.82, 2.24) is 19.8 Å². The Hall–Kier alpha value is -2.54. The molecule has 6 nitrogen and oxygen atoms in total. The molecule has 4 heterocycles. The van der Waals surface area contributed by atoms with E-state index < -0.39 is 0 Å². The summed E-state index contributed by atoms with van der Waals surface area (Å²) in [5.74, 6) is 1.05. The first kappa shape index (κ1) is 19.4. The lowest BCUT2D eigenvalue weighted by molar-refractivity contribution is -0.0171. The van der Waals surface area contributed by atoms with Crippen molar-refractivity contribution < 1.29 is 5.11 Å². The van der Waals surface area contributed by atoms with E-state index in [2.05, 4.69) is 55.0 Å². The third-order valence-electron chi connectivity index (χ3n) is 6.50. The number of aliphatic hydroxyl groups excluding tert-OH is 1. The molecular formula is C24H29N5O. The summed E-state index contributed by atoms with van der Waals surface area (Å²) in [7, 11) is 0. The lowest BCUT2D eigenvalue weighted by Crippen LogP contribution is -2.58. The van der Waals surface area contributed by atoms with Gasteiger partial charge in [0.05, 0.1) is 11.6 Å². The lowest BCUT2D eigenvalue weighted by atomic mass is 9.98. The molecule has 3 aromatic rings. The second-order valence-electron chi connectivity index (χ2n) is 8.36. The predicted octanol–water partition coefficient (Wildman–Crippen LogP) is 2.39. The van der Waals surface area contributed by atoms with Crippen molar-refractivity contribution in [2.75, 3.05) is 44.2 Å². The highest BCUT2D eigenvalue weighted by molar-refractivity contribution is 5.81. The molecule has 2 fully saturated rings. The highest BCUT2D eigenvalue weighted by Crippen LogP contribution is 2.24. The number of hydrogen-bond acceptors (Lipinski definition) is 6. The number of hydrogen-bond donors (Lipinski definition) is 1. The van der Waals surface area contributed by atoms with Crippen molar-refractivity contribution in [3.8, 4) is 0 Å². The highest BCUT2D eigenvalue weighted by atomic mass is 16.3. The first-order chi connectivity index (χ1) is 14.8. The number of piperazine rings is 1. The smallest absolute Gasteiger partial charge is 0.128 e. The molecule has 2 aliphatic rings. The number of pyridine rings is 2. The molecule has 2 atom stereocenters. The molecule has 2 aliphatic heterocycles. The number of aliphatic hydroxyl groups is 1. The maximum Gasteiger partial charge on any atom is 0.128 e. The fraction of sp³-hybridized carbons (Fsp3) is 0.417. The third kappa shape index (κ3) is 4.03. The van der Waals surface area contributed by atoms with Gasteiger partial charge >= 0.3 is 0 Å². The quantitative estimate of drug-likeness (QED) is 0.722. The molecule has 1 N–H and O–H groups in total. The molecule has 2 aromatic heterocycles. The number of β-amino-alcohol motifs (C(OH)–C–C–N with tert-alkyl or cyclic N) is 1. The Morgan fingerprint density at radius 1 is 0.867 bits per heavy atom. The maximum absolute atomic E-state index is 10.9. The van der Waals surface area contributed by atoms with Gasteiger partial charge in [0.25, 0.3) is 0 Å². The average Bonchev–Trinajstić information content (AvgIpc) is 2.80. The predicted molar refractivity (Wildman–Crippen MR) is 119 cm³/mol. The second kappa shape index (κ2) is 8.68. The number of fused-ring (bicyclic) bond motifs is 1. The molecule has 6 heteroatoms. The van der Waals surface area contributed by atoms with Crippen LogP contribution in [0.25, 0.3) is 10.9 Å². The number of rotatable bonds is 4. The number of para-hydroxylation sites is 1. The molecule has 0 bridgehead atoms. The van der Waals surface area contributed by atoms with Gasteiger partial charge in [0.15, 0.2) is 0 Å². The van der Waals surface area contributed by atoms with Crippen molar-refractivity contribution in [3.05, 3.63) is 66.5 Å². The summed E-state index contributed by atoms with van der Waals surface area (Å²) in [4.78, 5) is 16.2. The molecular weight excluding hydrogens is 374 g/mol. The van der Waals surface area contributed by atoms with E-state index in [4.69, 9.17) is 0 Å². The zero-order valence-electron chi connectivity index (χ0n) is 17.3. The van der Waals surface area contributed by atoms with Crippen LogP contribution < -0.4 is 4.90 Å². The molecule has 30 heavy (non-hydrogen) atoms. The Morgan fingerprint density at radius 2 is 1.70 bits per heavy atom. The van der Waals surface area contributed by atoms with E-state index in [0.29, 0.717) is 6.54 Å². The van der Waals surface area contributed by atoms with E-state index in [9.17, 15) is 5.11 Å². The highest BCUT2D eigenvalue weighted by Gasteiger charge is 2.34. The molecule has 0 amide bonds. The third-order valence-corrected chi connectivity index (χ3v) is 6.50. The van der Waals surface area contributed by atoms with Gasteiger partial charge in [-0.15, -0.1) is 0 Å². The molecule has 5 rings (SSSR count). The summed E-state index contributed by atoms with van der Waals surface area (Å²) in [5, 5.41) is 12.1. The van der Waals surface area contributed by atoms with Crippen LogP contribution in [0.5, 0.6) is 0 Å². The Bertz CT molecular complexity index is 968. The van der Waals surface area contributed by atoms with Crippen LogP contribution in [0, 0.1) is 0 Å². The summed E-state index contributed by atoms with van der Waals surface area (Å²) in [6.07, 6.45) is 4.40. The van der Waals surface area contributed by atoms with Gasteiger partial charge in [0, 0.05) is 69.6 Å². The average molecular weight is 404 g/mol. The zero-order chi connectivity index (χ0) is 20.3. The number of benzene rings is 1. The maximum atomic E-state index is 10.9. The summed E-state index contributed by atoms with van der Waals surface area (Å²) in [6.45, 7) is 6.44. The second-order valence-corrected chi connectivity index (χ2v) is 8.36. The lowest BCUT2D eigenvalue weighted by Gasteiger charge is -2.45. The Morgan fingerprint density at radius 3 is 2.50 bits per heavy atom. The van der Waals surface area contributed by atoms with E-state index in [0.717, 1.165) is 57.0 Å². The molecule has 2 saturated heterocycles. The van der Waals surface area contributed by atoms with Gasteiger partial charge in [-0.25, -0.2) is 4.98 Å². The fourth-order valence-electron chi connectivity index (χ4n) is 4.91. The van der Waals surface area contributed by atoms with Crippen molar-refractivity contribution >= 4 is 16.7 Å². The molecule has 156 valence electrons. The van der Waals surface area contributed by atoms with Crippen LogP contribution in [0.1, 0.15) is 12.0 Å². The molecule has 0 radical (unpaired) electrons. The number of nitrogens with zero attached hydrogens (tertiary/aromatic N) is 5. The molecule has 0 aliphatic carbocycles. The van der Waals surface area contributed by atoms with Crippen molar-refractivity contribution in [1.29, 1.82) is 0 Å². The minimum Gasteiger partial charge on any atom is -0.390 e. The summed E-state index contributed by atoms with van der Waals surface area (Å²) in [5.41, 5.74) is 2.31. The SMILES string of the molecule is O[C@@H]1CN(Cc2cccc3cccnc23)CC[C@H]1N1CCN(c2ccccn2)CC1. The molecule has 0 spiro atoms. The molecule has 1 aromatic carbocycles. The zero-order valence-corrected chi connectivity index (χ0v) is 17.3. The van der Waals surface area contributed by atoms with Crippen molar-refractivity contribution in [2.45, 2.75) is 25.1 Å². The number of aromatic nitrogens is 2. The van der Waals surface area contributed by atoms with Crippen molar-refractivity contribution in [3.63, 3.8) is 0 Å². The number of piperidine rings is 1. The standard InChI is InChI=1S/C24H29N5O/c30-22-18-27(17-20-6-3-5-19-7-4-11-26-24(19)20)12-9-21(22)28-13-15-29(16-14-28)23-8-1-2-10-25-23/h1-8,10-11,21-22,30H,9,12-18H2/t21-,22-/m1/s1. The summed E-state index contributed by atoms with van der Waals surface area (Å²) < 4.78 is 0. The summed E-state index contributed by atoms with van der Waals surface area (Å²) in [6, 6.07) is 16.8. The van der Waals surface area contributed by atoms with Gasteiger partial charge in [-0.05, 0) is 30.2 Å². The monoisotopic (exact) mass is 403 g/mol. The molecule has 0 unspecified atom stereocenters. The van der Waals surface area contributed by atoms with Gasteiger partial charge in [0.2, 0.25) is 0 Å². The van der Waals surface area contributed by atoms with Gasteiger partial charge in [-0.2, -0.15) is 0 Å². The van der Waals surface area contributed by atoms with Crippen LogP contribution in [0.15, 0.2) is 60.9 Å². The van der Waals surface area contributed by atoms with Crippen LogP contribution in [-0.2, 0) is 6.54 Å². The fourth-order valence-corrected chi connectivity index (χ4v) is 4.91. The van der Waals surface area contributed by atoms with E-state index in [1.54, 1.807) is 0 Å².